The van der Waals surface area contributed by atoms with Crippen LogP contribution in [0.25, 0.3) is 0 Å². The van der Waals surface area contributed by atoms with Crippen LogP contribution < -0.4 is 10.6 Å². The quantitative estimate of drug-likeness (QED) is 0.752. The molecular weight excluding hydrogens is 250 g/mol. The fraction of sp³-hybridized carbons (Fsp3) is 0.688. The van der Waals surface area contributed by atoms with Crippen LogP contribution in [-0.2, 0) is 16.7 Å². The van der Waals surface area contributed by atoms with E-state index in [1.165, 1.54) is 18.4 Å². The van der Waals surface area contributed by atoms with Gasteiger partial charge in [0, 0.05) is 37.4 Å². The van der Waals surface area contributed by atoms with E-state index in [4.69, 9.17) is 9.72 Å². The zero-order valence-electron chi connectivity index (χ0n) is 13.1. The topological polar surface area (TPSA) is 46.2 Å². The molecule has 0 radical (unpaired) electrons. The number of aromatic nitrogens is 1. The van der Waals surface area contributed by atoms with Gasteiger partial charge in [-0.05, 0) is 30.5 Å². The highest BCUT2D eigenvalue weighted by Crippen LogP contribution is 2.24. The number of pyridine rings is 1. The van der Waals surface area contributed by atoms with Crippen LogP contribution in [0.5, 0.6) is 0 Å². The largest absolute Gasteiger partial charge is 0.383 e. The van der Waals surface area contributed by atoms with Crippen LogP contribution in [0.15, 0.2) is 12.1 Å². The van der Waals surface area contributed by atoms with Crippen molar-refractivity contribution < 1.29 is 4.74 Å². The first-order valence-electron chi connectivity index (χ1n) is 7.46. The number of anilines is 1. The number of methoxy groups -OCH3 is 1. The van der Waals surface area contributed by atoms with Gasteiger partial charge in [-0.25, -0.2) is 4.98 Å². The Morgan fingerprint density at radius 1 is 1.30 bits per heavy atom. The lowest BCUT2D eigenvalue weighted by atomic mass is 9.90. The third-order valence-electron chi connectivity index (χ3n) is 3.44. The number of rotatable bonds is 7. The summed E-state index contributed by atoms with van der Waals surface area (Å²) in [5.41, 5.74) is 2.50. The number of nitrogens with zero attached hydrogens (tertiary/aromatic N) is 1. The molecule has 0 spiro atoms. The highest BCUT2D eigenvalue weighted by Gasteiger charge is 2.21. The zero-order chi connectivity index (χ0) is 14.6. The molecule has 20 heavy (non-hydrogen) atoms. The third-order valence-corrected chi connectivity index (χ3v) is 3.44. The average molecular weight is 277 g/mol. The van der Waals surface area contributed by atoms with E-state index in [9.17, 15) is 0 Å². The molecule has 0 bridgehead atoms. The molecule has 1 fully saturated rings. The van der Waals surface area contributed by atoms with Crippen molar-refractivity contribution >= 4 is 5.82 Å². The predicted molar refractivity (Wildman–Crippen MR) is 83.2 cm³/mol. The minimum Gasteiger partial charge on any atom is -0.383 e. The molecule has 2 rings (SSSR count). The summed E-state index contributed by atoms with van der Waals surface area (Å²) in [6.45, 7) is 9.00. The molecule has 2 N–H and O–H groups in total. The lowest BCUT2D eigenvalue weighted by Crippen LogP contribution is -2.19. The zero-order valence-corrected chi connectivity index (χ0v) is 13.1. The molecule has 0 saturated heterocycles. The second-order valence-electron chi connectivity index (χ2n) is 6.57. The lowest BCUT2D eigenvalue weighted by molar-refractivity contribution is 0.210. The summed E-state index contributed by atoms with van der Waals surface area (Å²) < 4.78 is 5.08. The van der Waals surface area contributed by atoms with Gasteiger partial charge in [0.15, 0.2) is 0 Å². The van der Waals surface area contributed by atoms with Crippen molar-refractivity contribution in [1.29, 1.82) is 0 Å². The van der Waals surface area contributed by atoms with E-state index in [1.54, 1.807) is 7.11 Å². The second kappa shape index (κ2) is 6.55. The molecule has 0 aromatic carbocycles. The fourth-order valence-corrected chi connectivity index (χ4v) is 1.99. The van der Waals surface area contributed by atoms with Crippen molar-refractivity contribution in [3.05, 3.63) is 23.4 Å². The van der Waals surface area contributed by atoms with Gasteiger partial charge < -0.3 is 15.4 Å². The normalized spacial score (nSPS) is 15.4. The van der Waals surface area contributed by atoms with Crippen molar-refractivity contribution in [1.82, 2.24) is 10.3 Å². The van der Waals surface area contributed by atoms with E-state index in [1.807, 2.05) is 0 Å². The molecule has 0 unspecified atom stereocenters. The van der Waals surface area contributed by atoms with Gasteiger partial charge in [-0.3, -0.25) is 0 Å². The third kappa shape index (κ3) is 4.76. The van der Waals surface area contributed by atoms with E-state index in [2.05, 4.69) is 43.5 Å². The van der Waals surface area contributed by atoms with Crippen molar-refractivity contribution in [3.8, 4) is 0 Å². The molecule has 0 aliphatic heterocycles. The number of hydrogen-bond donors (Lipinski definition) is 2. The second-order valence-corrected chi connectivity index (χ2v) is 6.57. The summed E-state index contributed by atoms with van der Waals surface area (Å²) in [5.74, 6) is 0.946. The van der Waals surface area contributed by atoms with Crippen LogP contribution in [0.4, 0.5) is 5.82 Å². The molecular formula is C16H27N3O. The van der Waals surface area contributed by atoms with Gasteiger partial charge in [-0.2, -0.15) is 0 Å². The SMILES string of the molecule is COCCNc1cc(CNC2CC2)cc(C(C)(C)C)n1. The minimum atomic E-state index is 0.0628. The maximum absolute atomic E-state index is 5.08. The van der Waals surface area contributed by atoms with Crippen molar-refractivity contribution in [2.24, 2.45) is 0 Å². The summed E-state index contributed by atoms with van der Waals surface area (Å²) in [4.78, 5) is 4.72. The summed E-state index contributed by atoms with van der Waals surface area (Å²) in [5, 5.41) is 6.90. The Labute approximate surface area is 122 Å². The van der Waals surface area contributed by atoms with Crippen LogP contribution >= 0.6 is 0 Å². The minimum absolute atomic E-state index is 0.0628. The first-order valence-corrected chi connectivity index (χ1v) is 7.46. The summed E-state index contributed by atoms with van der Waals surface area (Å²) in [6.07, 6.45) is 2.63. The molecule has 0 amide bonds. The van der Waals surface area contributed by atoms with Crippen LogP contribution in [0, 0.1) is 0 Å². The Kier molecular flexibility index (Phi) is 5.00. The molecule has 1 heterocycles. The van der Waals surface area contributed by atoms with Crippen LogP contribution in [0.1, 0.15) is 44.9 Å². The summed E-state index contributed by atoms with van der Waals surface area (Å²) >= 11 is 0. The standard InChI is InChI=1S/C16H27N3O/c1-16(2,3)14-9-12(11-18-13-5-6-13)10-15(19-14)17-7-8-20-4/h9-10,13,18H,5-8,11H2,1-4H3,(H,17,19). The number of hydrogen-bond acceptors (Lipinski definition) is 4. The molecule has 112 valence electrons. The maximum Gasteiger partial charge on any atom is 0.126 e. The molecule has 1 aromatic heterocycles. The van der Waals surface area contributed by atoms with Crippen LogP contribution in [-0.4, -0.2) is 31.3 Å². The van der Waals surface area contributed by atoms with Gasteiger partial charge in [0.05, 0.1) is 6.61 Å². The van der Waals surface area contributed by atoms with Gasteiger partial charge in [-0.1, -0.05) is 20.8 Å². The van der Waals surface area contributed by atoms with Crippen LogP contribution in [0.2, 0.25) is 0 Å². The van der Waals surface area contributed by atoms with Crippen molar-refractivity contribution in [3.63, 3.8) is 0 Å². The van der Waals surface area contributed by atoms with E-state index in [0.29, 0.717) is 6.61 Å². The Morgan fingerprint density at radius 3 is 2.65 bits per heavy atom. The first kappa shape index (κ1) is 15.3. The Bertz CT molecular complexity index is 436. The van der Waals surface area contributed by atoms with Gasteiger partial charge in [0.2, 0.25) is 0 Å². The van der Waals surface area contributed by atoms with E-state index in [0.717, 1.165) is 30.6 Å². The maximum atomic E-state index is 5.08. The first-order chi connectivity index (χ1) is 9.49. The molecule has 1 saturated carbocycles. The number of ether oxygens (including phenoxy) is 1. The van der Waals surface area contributed by atoms with Gasteiger partial charge in [0.1, 0.15) is 5.82 Å². The Hall–Kier alpha value is -1.13. The van der Waals surface area contributed by atoms with E-state index in [-0.39, 0.29) is 5.41 Å². The highest BCUT2D eigenvalue weighted by atomic mass is 16.5. The monoisotopic (exact) mass is 277 g/mol. The smallest absolute Gasteiger partial charge is 0.126 e. The van der Waals surface area contributed by atoms with Gasteiger partial charge >= 0.3 is 0 Å². The van der Waals surface area contributed by atoms with Gasteiger partial charge in [0.25, 0.3) is 0 Å². The fourth-order valence-electron chi connectivity index (χ4n) is 1.99. The Balaban J connectivity index is 2.09. The van der Waals surface area contributed by atoms with Crippen molar-refractivity contribution in [2.45, 2.75) is 51.6 Å². The van der Waals surface area contributed by atoms with E-state index >= 15 is 0 Å². The van der Waals surface area contributed by atoms with E-state index < -0.39 is 0 Å². The molecule has 1 aliphatic rings. The number of nitrogens with one attached hydrogen (secondary N) is 2. The van der Waals surface area contributed by atoms with Crippen molar-refractivity contribution in [2.75, 3.05) is 25.6 Å². The molecule has 0 atom stereocenters. The lowest BCUT2D eigenvalue weighted by Gasteiger charge is -2.20. The molecule has 4 heteroatoms. The highest BCUT2D eigenvalue weighted by molar-refractivity contribution is 5.41. The predicted octanol–water partition coefficient (Wildman–Crippen LogP) is 2.69. The van der Waals surface area contributed by atoms with Gasteiger partial charge in [-0.15, -0.1) is 0 Å². The molecule has 1 aliphatic carbocycles. The summed E-state index contributed by atoms with van der Waals surface area (Å²) in [6, 6.07) is 5.09. The summed E-state index contributed by atoms with van der Waals surface area (Å²) in [7, 11) is 1.71. The average Bonchev–Trinajstić information content (AvgIpc) is 3.19. The Morgan fingerprint density at radius 2 is 2.05 bits per heavy atom. The molecule has 1 aromatic rings. The molecule has 4 nitrogen and oxygen atoms in total. The van der Waals surface area contributed by atoms with Crippen LogP contribution in [0.3, 0.4) is 0 Å².